The molecule has 2 aliphatic rings. The van der Waals surface area contributed by atoms with E-state index < -0.39 is 29.3 Å². The van der Waals surface area contributed by atoms with Crippen LogP contribution in [-0.2, 0) is 9.53 Å². The van der Waals surface area contributed by atoms with Gasteiger partial charge in [0.25, 0.3) is 5.91 Å². The lowest BCUT2D eigenvalue weighted by Gasteiger charge is -2.29. The number of nitrogens with zero attached hydrogens (tertiary/aromatic N) is 1. The van der Waals surface area contributed by atoms with Gasteiger partial charge < -0.3 is 19.2 Å². The third-order valence-corrected chi connectivity index (χ3v) is 5.14. The van der Waals surface area contributed by atoms with E-state index in [1.54, 1.807) is 19.1 Å². The molecule has 0 bridgehead atoms. The fraction of sp³-hybridized carbons (Fsp3) is 0.333. The van der Waals surface area contributed by atoms with Crippen molar-refractivity contribution in [2.75, 3.05) is 13.2 Å². The van der Waals surface area contributed by atoms with Crippen LogP contribution in [0.1, 0.15) is 40.8 Å². The number of aryl methyl sites for hydroxylation is 1. The van der Waals surface area contributed by atoms with E-state index in [4.69, 9.17) is 9.15 Å². The van der Waals surface area contributed by atoms with Crippen LogP contribution < -0.4 is 0 Å². The van der Waals surface area contributed by atoms with E-state index in [-0.39, 0.29) is 29.5 Å². The Bertz CT molecular complexity index is 957. The van der Waals surface area contributed by atoms with Crippen molar-refractivity contribution < 1.29 is 28.2 Å². The van der Waals surface area contributed by atoms with Gasteiger partial charge in [-0.05, 0) is 38.0 Å². The molecular weight excluding hydrogens is 365 g/mol. The highest BCUT2D eigenvalue weighted by molar-refractivity contribution is 6.15. The van der Waals surface area contributed by atoms with Gasteiger partial charge in [0, 0.05) is 18.7 Å². The van der Waals surface area contributed by atoms with E-state index in [1.807, 2.05) is 0 Å². The number of ketones is 1. The van der Waals surface area contributed by atoms with Gasteiger partial charge in [-0.3, -0.25) is 9.59 Å². The lowest BCUT2D eigenvalue weighted by molar-refractivity contribution is -0.131. The molecule has 4 rings (SSSR count). The topological polar surface area (TPSA) is 80.0 Å². The van der Waals surface area contributed by atoms with Crippen LogP contribution in [0.5, 0.6) is 0 Å². The number of carbonyl (C=O) groups is 2. The Morgan fingerprint density at radius 1 is 1.29 bits per heavy atom. The molecule has 0 saturated carbocycles. The monoisotopic (exact) mass is 385 g/mol. The SMILES string of the molecule is Cc1ccc(C(=O)C2=C(O)C(=O)N(C[C@@H]3CCCO3)[C@@H]2c2ccccc2F)o1. The first-order chi connectivity index (χ1) is 13.5. The van der Waals surface area contributed by atoms with Gasteiger partial charge in [-0.1, -0.05) is 18.2 Å². The number of carbonyl (C=O) groups excluding carboxylic acids is 2. The molecule has 0 radical (unpaired) electrons. The summed E-state index contributed by atoms with van der Waals surface area (Å²) in [4.78, 5) is 27.2. The van der Waals surface area contributed by atoms with Crippen molar-refractivity contribution >= 4 is 11.7 Å². The minimum Gasteiger partial charge on any atom is -0.503 e. The van der Waals surface area contributed by atoms with Crippen LogP contribution in [0.15, 0.2) is 52.1 Å². The Hall–Kier alpha value is -2.93. The summed E-state index contributed by atoms with van der Waals surface area (Å²) in [6.07, 6.45) is 1.41. The maximum Gasteiger partial charge on any atom is 0.290 e. The van der Waals surface area contributed by atoms with Gasteiger partial charge in [0.1, 0.15) is 11.6 Å². The molecule has 2 aliphatic heterocycles. The molecule has 6 nitrogen and oxygen atoms in total. The van der Waals surface area contributed by atoms with Gasteiger partial charge in [-0.25, -0.2) is 4.39 Å². The molecule has 3 heterocycles. The number of hydrogen-bond donors (Lipinski definition) is 1. The quantitative estimate of drug-likeness (QED) is 0.797. The third-order valence-electron chi connectivity index (χ3n) is 5.14. The summed E-state index contributed by atoms with van der Waals surface area (Å²) in [6.45, 7) is 2.44. The normalized spacial score (nSPS) is 22.4. The third kappa shape index (κ3) is 3.11. The lowest BCUT2D eigenvalue weighted by atomic mass is 9.94. The molecule has 0 aliphatic carbocycles. The zero-order valence-electron chi connectivity index (χ0n) is 15.4. The zero-order chi connectivity index (χ0) is 19.8. The zero-order valence-corrected chi connectivity index (χ0v) is 15.4. The van der Waals surface area contributed by atoms with Crippen LogP contribution in [0.2, 0.25) is 0 Å². The Labute approximate surface area is 161 Å². The van der Waals surface area contributed by atoms with Crippen molar-refractivity contribution in [1.82, 2.24) is 4.90 Å². The van der Waals surface area contributed by atoms with Crippen LogP contribution in [0, 0.1) is 12.7 Å². The fourth-order valence-electron chi connectivity index (χ4n) is 3.79. The number of ether oxygens (including phenoxy) is 1. The summed E-state index contributed by atoms with van der Waals surface area (Å²) in [5.41, 5.74) is -0.0352. The van der Waals surface area contributed by atoms with E-state index in [0.717, 1.165) is 12.8 Å². The maximum atomic E-state index is 14.6. The largest absolute Gasteiger partial charge is 0.503 e. The molecular formula is C21H20FNO5. The summed E-state index contributed by atoms with van der Waals surface area (Å²) in [5, 5.41) is 10.5. The van der Waals surface area contributed by atoms with E-state index >= 15 is 0 Å². The second-order valence-electron chi connectivity index (χ2n) is 7.02. The molecule has 2 aromatic rings. The van der Waals surface area contributed by atoms with Crippen molar-refractivity contribution in [2.45, 2.75) is 31.9 Å². The summed E-state index contributed by atoms with van der Waals surface area (Å²) in [7, 11) is 0. The lowest BCUT2D eigenvalue weighted by Crippen LogP contribution is -2.37. The van der Waals surface area contributed by atoms with Crippen molar-refractivity contribution in [2.24, 2.45) is 0 Å². The number of rotatable bonds is 5. The number of Topliss-reactive ketones (excluding diaryl/α,β-unsaturated/α-hetero) is 1. The fourth-order valence-corrected chi connectivity index (χ4v) is 3.79. The van der Waals surface area contributed by atoms with Gasteiger partial charge in [0.05, 0.1) is 17.7 Å². The molecule has 0 spiro atoms. The number of benzene rings is 1. The van der Waals surface area contributed by atoms with Crippen LogP contribution in [-0.4, -0.2) is 41.0 Å². The Morgan fingerprint density at radius 2 is 2.07 bits per heavy atom. The van der Waals surface area contributed by atoms with Crippen LogP contribution in [0.4, 0.5) is 4.39 Å². The van der Waals surface area contributed by atoms with Gasteiger partial charge in [0.2, 0.25) is 5.78 Å². The summed E-state index contributed by atoms with van der Waals surface area (Å²) < 4.78 is 25.6. The molecule has 28 heavy (non-hydrogen) atoms. The Morgan fingerprint density at radius 3 is 2.71 bits per heavy atom. The number of hydrogen-bond acceptors (Lipinski definition) is 5. The van der Waals surface area contributed by atoms with Crippen molar-refractivity contribution in [3.05, 3.63) is 70.6 Å². The number of aliphatic hydroxyl groups is 1. The molecule has 0 unspecified atom stereocenters. The summed E-state index contributed by atoms with van der Waals surface area (Å²) >= 11 is 0. The predicted octanol–water partition coefficient (Wildman–Crippen LogP) is 3.48. The van der Waals surface area contributed by atoms with Crippen molar-refractivity contribution in [3.63, 3.8) is 0 Å². The van der Waals surface area contributed by atoms with Gasteiger partial charge in [-0.15, -0.1) is 0 Å². The molecule has 2 atom stereocenters. The molecule has 7 heteroatoms. The van der Waals surface area contributed by atoms with E-state index in [2.05, 4.69) is 0 Å². The Kier molecular flexibility index (Phi) is 4.77. The molecule has 1 amide bonds. The molecule has 1 fully saturated rings. The highest BCUT2D eigenvalue weighted by Gasteiger charge is 2.46. The Balaban J connectivity index is 1.78. The molecule has 1 saturated heterocycles. The number of aliphatic hydroxyl groups excluding tert-OH is 1. The minimum absolute atomic E-state index is 0.00726. The first-order valence-electron chi connectivity index (χ1n) is 9.18. The first-order valence-corrected chi connectivity index (χ1v) is 9.18. The van der Waals surface area contributed by atoms with Crippen molar-refractivity contribution in [3.8, 4) is 0 Å². The molecule has 1 N–H and O–H groups in total. The highest BCUT2D eigenvalue weighted by atomic mass is 19.1. The minimum atomic E-state index is -1.05. The second-order valence-corrected chi connectivity index (χ2v) is 7.02. The van der Waals surface area contributed by atoms with Gasteiger partial charge in [-0.2, -0.15) is 0 Å². The maximum absolute atomic E-state index is 14.6. The smallest absolute Gasteiger partial charge is 0.290 e. The van der Waals surface area contributed by atoms with E-state index in [1.165, 1.54) is 29.2 Å². The second kappa shape index (κ2) is 7.24. The van der Waals surface area contributed by atoms with Gasteiger partial charge >= 0.3 is 0 Å². The van der Waals surface area contributed by atoms with E-state index in [9.17, 15) is 19.1 Å². The first kappa shape index (κ1) is 18.4. The number of amides is 1. The number of furan rings is 1. The van der Waals surface area contributed by atoms with E-state index in [0.29, 0.717) is 12.4 Å². The summed E-state index contributed by atoms with van der Waals surface area (Å²) in [5.74, 6) is -2.07. The average molecular weight is 385 g/mol. The van der Waals surface area contributed by atoms with Crippen LogP contribution in [0.3, 0.4) is 0 Å². The van der Waals surface area contributed by atoms with Crippen LogP contribution >= 0.6 is 0 Å². The predicted molar refractivity (Wildman–Crippen MR) is 97.3 cm³/mol. The summed E-state index contributed by atoms with van der Waals surface area (Å²) in [6, 6.07) is 7.97. The average Bonchev–Trinajstić information content (AvgIpc) is 3.39. The van der Waals surface area contributed by atoms with Crippen molar-refractivity contribution in [1.29, 1.82) is 0 Å². The molecule has 146 valence electrons. The number of halogens is 1. The molecule has 1 aromatic heterocycles. The van der Waals surface area contributed by atoms with Gasteiger partial charge in [0.15, 0.2) is 11.5 Å². The molecule has 1 aromatic carbocycles. The standard InChI is InChI=1S/C21H20FNO5/c1-12-8-9-16(28-12)19(24)17-18(14-6-2-3-7-15(14)22)23(21(26)20(17)25)11-13-5-4-10-27-13/h2-3,6-9,13,18,25H,4-5,10-11H2,1H3/t13-,18+/m0/s1. The highest BCUT2D eigenvalue weighted by Crippen LogP contribution is 2.40. The van der Waals surface area contributed by atoms with Crippen LogP contribution in [0.25, 0.3) is 0 Å².